The second-order valence-electron chi connectivity index (χ2n) is 6.64. The van der Waals surface area contributed by atoms with E-state index in [0.29, 0.717) is 31.9 Å². The van der Waals surface area contributed by atoms with Crippen LogP contribution >= 0.6 is 0 Å². The van der Waals surface area contributed by atoms with E-state index in [4.69, 9.17) is 4.42 Å². The van der Waals surface area contributed by atoms with Gasteiger partial charge in [-0.25, -0.2) is 0 Å². The summed E-state index contributed by atoms with van der Waals surface area (Å²) in [6.45, 7) is 4.03. The van der Waals surface area contributed by atoms with Crippen molar-refractivity contribution in [2.75, 3.05) is 39.3 Å². The number of benzene rings is 1. The van der Waals surface area contributed by atoms with Crippen LogP contribution in [0.3, 0.4) is 0 Å². The van der Waals surface area contributed by atoms with Crippen molar-refractivity contribution < 1.29 is 18.9 Å². The van der Waals surface area contributed by atoms with E-state index in [1.54, 1.807) is 17.0 Å². The topological polar surface area (TPSA) is 67.0 Å². The second-order valence-corrected chi connectivity index (χ2v) is 6.64. The zero-order chi connectivity index (χ0) is 18.2. The van der Waals surface area contributed by atoms with E-state index < -0.39 is 0 Å². The van der Waals surface area contributed by atoms with Crippen molar-refractivity contribution in [3.63, 3.8) is 0 Å². The lowest BCUT2D eigenvalue weighted by atomic mass is 10.1. The van der Waals surface area contributed by atoms with E-state index in [1.165, 1.54) is 16.7 Å². The quantitative estimate of drug-likeness (QED) is 0.705. The molecule has 1 aliphatic rings. The summed E-state index contributed by atoms with van der Waals surface area (Å²) in [7, 11) is 0. The number of quaternary nitrogens is 1. The number of carbonyl (C=O) groups is 2. The Morgan fingerprint density at radius 1 is 1.08 bits per heavy atom. The highest BCUT2D eigenvalue weighted by atomic mass is 16.3. The summed E-state index contributed by atoms with van der Waals surface area (Å²) in [5.74, 6) is 0.392. The molecule has 1 aromatic carbocycles. The van der Waals surface area contributed by atoms with E-state index in [9.17, 15) is 9.59 Å². The first-order chi connectivity index (χ1) is 12.7. The number of hydrogen-bond donors (Lipinski definition) is 2. The van der Waals surface area contributed by atoms with Gasteiger partial charge in [0.1, 0.15) is 0 Å². The number of aryl methyl sites for hydroxylation is 1. The Hall–Kier alpha value is -2.60. The largest absolute Gasteiger partial charge is 0.459 e. The fourth-order valence-corrected chi connectivity index (χ4v) is 3.21. The molecule has 2 aromatic rings. The van der Waals surface area contributed by atoms with Gasteiger partial charge in [0.25, 0.3) is 11.8 Å². The van der Waals surface area contributed by atoms with Crippen LogP contribution in [0.2, 0.25) is 0 Å². The van der Waals surface area contributed by atoms with Gasteiger partial charge in [0.15, 0.2) is 12.3 Å². The molecular weight excluding hydrogens is 330 g/mol. The average molecular weight is 356 g/mol. The molecule has 1 aliphatic heterocycles. The summed E-state index contributed by atoms with van der Waals surface area (Å²) in [5.41, 5.74) is 1.30. The lowest BCUT2D eigenvalue weighted by Gasteiger charge is -2.31. The van der Waals surface area contributed by atoms with Gasteiger partial charge in [0, 0.05) is 6.54 Å². The fraction of sp³-hybridized carbons (Fsp3) is 0.400. The molecule has 0 unspecified atom stereocenters. The van der Waals surface area contributed by atoms with Crippen LogP contribution in [0.1, 0.15) is 22.5 Å². The van der Waals surface area contributed by atoms with Gasteiger partial charge >= 0.3 is 0 Å². The van der Waals surface area contributed by atoms with Gasteiger partial charge in [-0.2, -0.15) is 0 Å². The molecule has 0 saturated carbocycles. The number of hydrogen-bond acceptors (Lipinski definition) is 3. The third-order valence-corrected chi connectivity index (χ3v) is 4.71. The maximum Gasteiger partial charge on any atom is 0.289 e. The fourth-order valence-electron chi connectivity index (χ4n) is 3.21. The predicted octanol–water partition coefficient (Wildman–Crippen LogP) is 0.369. The summed E-state index contributed by atoms with van der Waals surface area (Å²) in [6.07, 6.45) is 3.43. The molecule has 0 spiro atoms. The van der Waals surface area contributed by atoms with E-state index in [0.717, 1.165) is 25.9 Å². The van der Waals surface area contributed by atoms with Gasteiger partial charge in [0.2, 0.25) is 0 Å². The molecule has 26 heavy (non-hydrogen) atoms. The number of nitrogens with one attached hydrogen (secondary N) is 2. The zero-order valence-corrected chi connectivity index (χ0v) is 14.9. The van der Waals surface area contributed by atoms with E-state index in [-0.39, 0.29) is 11.8 Å². The molecule has 0 aliphatic carbocycles. The molecular formula is C20H26N3O3+. The third-order valence-electron chi connectivity index (χ3n) is 4.71. The Bertz CT molecular complexity index is 692. The first-order valence-corrected chi connectivity index (χ1v) is 9.19. The van der Waals surface area contributed by atoms with Gasteiger partial charge < -0.3 is 19.5 Å². The molecule has 3 rings (SSSR count). The Balaban J connectivity index is 1.31. The SMILES string of the molecule is O=C(C[NH+]1CCN(C(=O)c2ccco2)CC1)NCCCc1ccccc1. The minimum absolute atomic E-state index is 0.0700. The second kappa shape index (κ2) is 9.20. The maximum atomic E-state index is 12.2. The Morgan fingerprint density at radius 3 is 2.54 bits per heavy atom. The Morgan fingerprint density at radius 2 is 1.85 bits per heavy atom. The normalized spacial score (nSPS) is 15.0. The molecule has 2 N–H and O–H groups in total. The Kier molecular flexibility index (Phi) is 6.44. The van der Waals surface area contributed by atoms with Crippen LogP contribution in [0.4, 0.5) is 0 Å². The van der Waals surface area contributed by atoms with E-state index >= 15 is 0 Å². The summed E-state index contributed by atoms with van der Waals surface area (Å²) >= 11 is 0. The van der Waals surface area contributed by atoms with Gasteiger partial charge in [0.05, 0.1) is 32.4 Å². The molecule has 0 bridgehead atoms. The smallest absolute Gasteiger partial charge is 0.289 e. The number of nitrogens with zero attached hydrogens (tertiary/aromatic N) is 1. The van der Waals surface area contributed by atoms with Crippen molar-refractivity contribution in [2.45, 2.75) is 12.8 Å². The molecule has 2 heterocycles. The van der Waals surface area contributed by atoms with Crippen molar-refractivity contribution in [2.24, 2.45) is 0 Å². The Labute approximate surface area is 153 Å². The first-order valence-electron chi connectivity index (χ1n) is 9.19. The lowest BCUT2D eigenvalue weighted by molar-refractivity contribution is -0.896. The van der Waals surface area contributed by atoms with Crippen LogP contribution in [-0.2, 0) is 11.2 Å². The zero-order valence-electron chi connectivity index (χ0n) is 14.9. The molecule has 6 heteroatoms. The summed E-state index contributed by atoms with van der Waals surface area (Å²) < 4.78 is 5.16. The highest BCUT2D eigenvalue weighted by Crippen LogP contribution is 2.05. The van der Waals surface area contributed by atoms with Gasteiger partial charge in [-0.15, -0.1) is 0 Å². The molecule has 1 saturated heterocycles. The number of piperazine rings is 1. The van der Waals surface area contributed by atoms with E-state index in [2.05, 4.69) is 17.4 Å². The minimum atomic E-state index is -0.0700. The molecule has 1 fully saturated rings. The minimum Gasteiger partial charge on any atom is -0.459 e. The molecule has 2 amide bonds. The van der Waals surface area contributed by atoms with Crippen LogP contribution in [0.15, 0.2) is 53.1 Å². The third kappa shape index (κ3) is 5.20. The highest BCUT2D eigenvalue weighted by Gasteiger charge is 2.26. The monoisotopic (exact) mass is 356 g/mol. The average Bonchev–Trinajstić information content (AvgIpc) is 3.21. The summed E-state index contributed by atoms with van der Waals surface area (Å²) in [5, 5.41) is 3.00. The first kappa shape index (κ1) is 18.2. The highest BCUT2D eigenvalue weighted by molar-refractivity contribution is 5.91. The number of amides is 2. The van der Waals surface area contributed by atoms with Gasteiger partial charge in [-0.05, 0) is 30.5 Å². The number of furan rings is 1. The standard InChI is InChI=1S/C20H25N3O3/c24-19(21-10-4-8-17-6-2-1-3-7-17)16-22-11-13-23(14-12-22)20(25)18-9-5-15-26-18/h1-3,5-7,9,15H,4,8,10-14,16H2,(H,21,24)/p+1. The summed E-state index contributed by atoms with van der Waals surface area (Å²) in [4.78, 5) is 27.3. The molecule has 0 atom stereocenters. The van der Waals surface area contributed by atoms with Crippen LogP contribution in [0, 0.1) is 0 Å². The van der Waals surface area contributed by atoms with Crippen molar-refractivity contribution in [3.8, 4) is 0 Å². The van der Waals surface area contributed by atoms with Crippen molar-refractivity contribution in [1.29, 1.82) is 0 Å². The van der Waals surface area contributed by atoms with Crippen LogP contribution < -0.4 is 10.2 Å². The molecule has 1 aromatic heterocycles. The van der Waals surface area contributed by atoms with Crippen molar-refractivity contribution in [1.82, 2.24) is 10.2 Å². The van der Waals surface area contributed by atoms with Crippen LogP contribution in [0.25, 0.3) is 0 Å². The van der Waals surface area contributed by atoms with Gasteiger partial charge in [-0.1, -0.05) is 30.3 Å². The summed E-state index contributed by atoms with van der Waals surface area (Å²) in [6, 6.07) is 13.7. The molecule has 0 radical (unpaired) electrons. The number of rotatable bonds is 7. The van der Waals surface area contributed by atoms with Crippen molar-refractivity contribution in [3.05, 3.63) is 60.1 Å². The molecule has 138 valence electrons. The maximum absolute atomic E-state index is 12.2. The number of carbonyl (C=O) groups excluding carboxylic acids is 2. The van der Waals surface area contributed by atoms with Crippen LogP contribution in [-0.4, -0.2) is 56.0 Å². The van der Waals surface area contributed by atoms with Gasteiger partial charge in [-0.3, -0.25) is 9.59 Å². The van der Waals surface area contributed by atoms with E-state index in [1.807, 2.05) is 18.2 Å². The predicted molar refractivity (Wildman–Crippen MR) is 97.9 cm³/mol. The van der Waals surface area contributed by atoms with Crippen molar-refractivity contribution >= 4 is 11.8 Å². The molecule has 6 nitrogen and oxygen atoms in total. The lowest BCUT2D eigenvalue weighted by Crippen LogP contribution is -3.15. The van der Waals surface area contributed by atoms with Crippen LogP contribution in [0.5, 0.6) is 0 Å².